The van der Waals surface area contributed by atoms with Gasteiger partial charge in [0.15, 0.2) is 5.96 Å². The van der Waals surface area contributed by atoms with Crippen molar-refractivity contribution < 1.29 is 0 Å². The highest BCUT2D eigenvalue weighted by atomic mass is 32.1. The van der Waals surface area contributed by atoms with E-state index in [0.717, 1.165) is 30.9 Å². The van der Waals surface area contributed by atoms with Crippen molar-refractivity contribution in [3.63, 3.8) is 0 Å². The minimum atomic E-state index is 0.809. The predicted octanol–water partition coefficient (Wildman–Crippen LogP) is 3.24. The van der Waals surface area contributed by atoms with Gasteiger partial charge in [-0.3, -0.25) is 4.99 Å². The van der Waals surface area contributed by atoms with Gasteiger partial charge in [0.1, 0.15) is 0 Å². The number of thiophene rings is 1. The Balaban J connectivity index is 1.70. The maximum atomic E-state index is 4.29. The summed E-state index contributed by atoms with van der Waals surface area (Å²) in [5.74, 6) is 2.62. The molecule has 0 spiro atoms. The van der Waals surface area contributed by atoms with Gasteiger partial charge in [0.25, 0.3) is 0 Å². The van der Waals surface area contributed by atoms with Gasteiger partial charge >= 0.3 is 0 Å². The van der Waals surface area contributed by atoms with E-state index in [9.17, 15) is 0 Å². The third-order valence-corrected chi connectivity index (χ3v) is 4.71. The lowest BCUT2D eigenvalue weighted by atomic mass is 9.82. The molecular weight excluding hydrogens is 254 g/mol. The SMILES string of the molecule is CN=C(NCc1cccs1)NCC1CCCC(C)C1. The molecule has 1 aromatic rings. The average molecular weight is 279 g/mol. The zero-order valence-corrected chi connectivity index (χ0v) is 12.8. The summed E-state index contributed by atoms with van der Waals surface area (Å²) in [7, 11) is 1.84. The molecule has 1 heterocycles. The molecule has 4 heteroatoms. The van der Waals surface area contributed by atoms with Gasteiger partial charge in [-0.2, -0.15) is 0 Å². The Kier molecular flexibility index (Phi) is 5.70. The molecule has 0 aromatic carbocycles. The van der Waals surface area contributed by atoms with E-state index in [1.54, 1.807) is 11.3 Å². The summed E-state index contributed by atoms with van der Waals surface area (Å²) < 4.78 is 0. The number of hydrogen-bond donors (Lipinski definition) is 2. The molecule has 0 radical (unpaired) electrons. The van der Waals surface area contributed by atoms with Gasteiger partial charge in [0, 0.05) is 18.5 Å². The fraction of sp³-hybridized carbons (Fsp3) is 0.667. The van der Waals surface area contributed by atoms with Crippen LogP contribution in [0, 0.1) is 11.8 Å². The number of aliphatic imine (C=N–C) groups is 1. The summed E-state index contributed by atoms with van der Waals surface area (Å²) >= 11 is 1.78. The molecule has 106 valence electrons. The molecule has 2 atom stereocenters. The number of nitrogens with zero attached hydrogens (tertiary/aromatic N) is 1. The fourth-order valence-electron chi connectivity index (χ4n) is 2.79. The van der Waals surface area contributed by atoms with Crippen molar-refractivity contribution >= 4 is 17.3 Å². The van der Waals surface area contributed by atoms with Gasteiger partial charge < -0.3 is 10.6 Å². The Morgan fingerprint density at radius 2 is 2.32 bits per heavy atom. The minimum Gasteiger partial charge on any atom is -0.356 e. The lowest BCUT2D eigenvalue weighted by Crippen LogP contribution is -2.40. The van der Waals surface area contributed by atoms with E-state index in [-0.39, 0.29) is 0 Å². The minimum absolute atomic E-state index is 0.809. The first-order valence-corrected chi connectivity index (χ1v) is 8.12. The molecule has 0 amide bonds. The maximum Gasteiger partial charge on any atom is 0.191 e. The van der Waals surface area contributed by atoms with Crippen molar-refractivity contribution in [1.29, 1.82) is 0 Å². The van der Waals surface area contributed by atoms with Crippen LogP contribution in [0.2, 0.25) is 0 Å². The van der Waals surface area contributed by atoms with Crippen LogP contribution >= 0.6 is 11.3 Å². The molecule has 1 saturated carbocycles. The lowest BCUT2D eigenvalue weighted by molar-refractivity contribution is 0.282. The van der Waals surface area contributed by atoms with Gasteiger partial charge in [0.2, 0.25) is 0 Å². The molecule has 1 aliphatic rings. The second-order valence-corrected chi connectivity index (χ2v) is 6.56. The Labute approximate surface area is 120 Å². The molecule has 2 rings (SSSR count). The molecule has 2 N–H and O–H groups in total. The molecular formula is C15H25N3S. The summed E-state index contributed by atoms with van der Waals surface area (Å²) in [4.78, 5) is 5.63. The smallest absolute Gasteiger partial charge is 0.191 e. The third kappa shape index (κ3) is 4.86. The monoisotopic (exact) mass is 279 g/mol. The Bertz CT molecular complexity index is 386. The van der Waals surface area contributed by atoms with Crippen LogP contribution in [0.25, 0.3) is 0 Å². The molecule has 0 bridgehead atoms. The predicted molar refractivity (Wildman–Crippen MR) is 83.6 cm³/mol. The summed E-state index contributed by atoms with van der Waals surface area (Å²) in [6.45, 7) is 4.28. The van der Waals surface area contributed by atoms with Gasteiger partial charge in [-0.15, -0.1) is 11.3 Å². The number of nitrogens with one attached hydrogen (secondary N) is 2. The van der Waals surface area contributed by atoms with E-state index >= 15 is 0 Å². The normalized spacial score (nSPS) is 24.2. The lowest BCUT2D eigenvalue weighted by Gasteiger charge is -2.27. The van der Waals surface area contributed by atoms with Crippen molar-refractivity contribution in [2.45, 2.75) is 39.2 Å². The van der Waals surface area contributed by atoms with Crippen molar-refractivity contribution in [3.05, 3.63) is 22.4 Å². The van der Waals surface area contributed by atoms with Crippen molar-refractivity contribution in [2.75, 3.05) is 13.6 Å². The van der Waals surface area contributed by atoms with E-state index in [2.05, 4.69) is 40.1 Å². The fourth-order valence-corrected chi connectivity index (χ4v) is 3.44. The Morgan fingerprint density at radius 1 is 1.42 bits per heavy atom. The summed E-state index contributed by atoms with van der Waals surface area (Å²) in [6.07, 6.45) is 5.50. The molecule has 19 heavy (non-hydrogen) atoms. The van der Waals surface area contributed by atoms with Gasteiger partial charge in [-0.05, 0) is 36.1 Å². The number of rotatable bonds is 4. The highest BCUT2D eigenvalue weighted by Gasteiger charge is 2.18. The van der Waals surface area contributed by atoms with Crippen LogP contribution in [0.1, 0.15) is 37.5 Å². The molecule has 0 saturated heterocycles. The summed E-state index contributed by atoms with van der Waals surface area (Å²) in [5, 5.41) is 8.95. The van der Waals surface area contributed by atoms with Crippen molar-refractivity contribution in [2.24, 2.45) is 16.8 Å². The largest absolute Gasteiger partial charge is 0.356 e. The number of guanidine groups is 1. The second kappa shape index (κ2) is 7.53. The first-order chi connectivity index (χ1) is 9.28. The van der Waals surface area contributed by atoms with E-state index in [4.69, 9.17) is 0 Å². The molecule has 2 unspecified atom stereocenters. The summed E-state index contributed by atoms with van der Waals surface area (Å²) in [6, 6.07) is 4.23. The second-order valence-electron chi connectivity index (χ2n) is 5.52. The Hall–Kier alpha value is -1.03. The summed E-state index contributed by atoms with van der Waals surface area (Å²) in [5.41, 5.74) is 0. The van der Waals surface area contributed by atoms with Gasteiger partial charge in [0.05, 0.1) is 6.54 Å². The van der Waals surface area contributed by atoms with Gasteiger partial charge in [-0.25, -0.2) is 0 Å². The van der Waals surface area contributed by atoms with E-state index < -0.39 is 0 Å². The van der Waals surface area contributed by atoms with Crippen LogP contribution in [0.3, 0.4) is 0 Å². The average Bonchev–Trinajstić information content (AvgIpc) is 2.92. The molecule has 0 aliphatic heterocycles. The van der Waals surface area contributed by atoms with Crippen LogP contribution in [0.15, 0.2) is 22.5 Å². The van der Waals surface area contributed by atoms with Crippen molar-refractivity contribution in [3.8, 4) is 0 Å². The molecule has 1 fully saturated rings. The first kappa shape index (κ1) is 14.4. The first-order valence-electron chi connectivity index (χ1n) is 7.25. The van der Waals surface area contributed by atoms with Gasteiger partial charge in [-0.1, -0.05) is 25.8 Å². The quantitative estimate of drug-likeness (QED) is 0.656. The third-order valence-electron chi connectivity index (χ3n) is 3.84. The van der Waals surface area contributed by atoms with Crippen LogP contribution in [-0.4, -0.2) is 19.6 Å². The van der Waals surface area contributed by atoms with E-state index in [1.165, 1.54) is 30.6 Å². The topological polar surface area (TPSA) is 36.4 Å². The van der Waals surface area contributed by atoms with Crippen LogP contribution in [-0.2, 0) is 6.54 Å². The van der Waals surface area contributed by atoms with E-state index in [1.807, 2.05) is 7.05 Å². The highest BCUT2D eigenvalue weighted by molar-refractivity contribution is 7.09. The van der Waals surface area contributed by atoms with Crippen LogP contribution < -0.4 is 10.6 Å². The zero-order chi connectivity index (χ0) is 13.5. The maximum absolute atomic E-state index is 4.29. The highest BCUT2D eigenvalue weighted by Crippen LogP contribution is 2.27. The zero-order valence-electron chi connectivity index (χ0n) is 12.0. The van der Waals surface area contributed by atoms with Crippen molar-refractivity contribution in [1.82, 2.24) is 10.6 Å². The molecule has 1 aromatic heterocycles. The van der Waals surface area contributed by atoms with Crippen LogP contribution in [0.5, 0.6) is 0 Å². The molecule has 3 nitrogen and oxygen atoms in total. The Morgan fingerprint density at radius 3 is 3.00 bits per heavy atom. The standard InChI is InChI=1S/C15H25N3S/c1-12-5-3-6-13(9-12)10-17-15(16-2)18-11-14-7-4-8-19-14/h4,7-8,12-13H,3,5-6,9-11H2,1-2H3,(H2,16,17,18). The molecule has 1 aliphatic carbocycles. The van der Waals surface area contributed by atoms with Crippen LogP contribution in [0.4, 0.5) is 0 Å². The van der Waals surface area contributed by atoms with E-state index in [0.29, 0.717) is 0 Å². The number of hydrogen-bond acceptors (Lipinski definition) is 2.